The van der Waals surface area contributed by atoms with Crippen molar-refractivity contribution < 1.29 is 24.2 Å². The van der Waals surface area contributed by atoms with Gasteiger partial charge >= 0.3 is 5.97 Å². The van der Waals surface area contributed by atoms with Gasteiger partial charge in [0.15, 0.2) is 12.3 Å². The van der Waals surface area contributed by atoms with Gasteiger partial charge in [0.2, 0.25) is 0 Å². The van der Waals surface area contributed by atoms with E-state index in [-0.39, 0.29) is 12.0 Å². The Balaban J connectivity index is 1.52. The van der Waals surface area contributed by atoms with Crippen LogP contribution < -0.4 is 9.47 Å². The lowest BCUT2D eigenvalue weighted by atomic mass is 9.82. The molecule has 2 aromatic carbocycles. The second-order valence-electron chi connectivity index (χ2n) is 8.18. The number of oxime groups is 1. The Morgan fingerprint density at radius 3 is 2.76 bits per heavy atom. The van der Waals surface area contributed by atoms with Gasteiger partial charge in [0.05, 0.1) is 18.3 Å². The molecule has 1 atom stereocenters. The summed E-state index contributed by atoms with van der Waals surface area (Å²) in [6.07, 6.45) is 5.84. The summed E-state index contributed by atoms with van der Waals surface area (Å²) in [4.78, 5) is 21.2. The van der Waals surface area contributed by atoms with Gasteiger partial charge in [-0.3, -0.25) is 0 Å². The van der Waals surface area contributed by atoms with Gasteiger partial charge in [-0.25, -0.2) is 9.78 Å². The van der Waals surface area contributed by atoms with Crippen molar-refractivity contribution in [1.29, 1.82) is 0 Å². The average molecular weight is 449 g/mol. The molecule has 0 saturated heterocycles. The second-order valence-corrected chi connectivity index (χ2v) is 8.18. The third-order valence-electron chi connectivity index (χ3n) is 5.97. The van der Waals surface area contributed by atoms with E-state index >= 15 is 0 Å². The summed E-state index contributed by atoms with van der Waals surface area (Å²) in [5, 5.41) is 13.7. The molecule has 4 rings (SSSR count). The number of rotatable bonds is 9. The average Bonchev–Trinajstić information content (AvgIpc) is 2.85. The van der Waals surface area contributed by atoms with Gasteiger partial charge < -0.3 is 19.4 Å². The van der Waals surface area contributed by atoms with Crippen molar-refractivity contribution in [3.63, 3.8) is 0 Å². The molecular formula is C26H28N2O5. The van der Waals surface area contributed by atoms with Gasteiger partial charge in [-0.1, -0.05) is 48.7 Å². The quantitative estimate of drug-likeness (QED) is 0.342. The molecule has 33 heavy (non-hydrogen) atoms. The lowest BCUT2D eigenvalue weighted by Gasteiger charge is -2.29. The number of para-hydroxylation sites is 1. The maximum absolute atomic E-state index is 10.8. The number of pyridine rings is 1. The SMILES string of the molecule is COc1cc(OCc2ccc3ccccc3n2)ccc1C(O/N=C/C(=O)O)C1CCCCC1. The number of hydrogen-bond donors (Lipinski definition) is 1. The number of benzene rings is 2. The maximum atomic E-state index is 10.8. The third-order valence-corrected chi connectivity index (χ3v) is 5.97. The van der Waals surface area contributed by atoms with Crippen LogP contribution in [0.1, 0.15) is 49.5 Å². The molecule has 0 bridgehead atoms. The molecule has 1 N–H and O–H groups in total. The lowest BCUT2D eigenvalue weighted by molar-refractivity contribution is -0.129. The predicted octanol–water partition coefficient (Wildman–Crippen LogP) is 5.53. The maximum Gasteiger partial charge on any atom is 0.350 e. The van der Waals surface area contributed by atoms with Gasteiger partial charge in [0, 0.05) is 22.9 Å². The topological polar surface area (TPSA) is 90.2 Å². The van der Waals surface area contributed by atoms with E-state index in [1.54, 1.807) is 7.11 Å². The molecule has 1 heterocycles. The zero-order chi connectivity index (χ0) is 23.0. The van der Waals surface area contributed by atoms with Crippen LogP contribution in [0.3, 0.4) is 0 Å². The van der Waals surface area contributed by atoms with Crippen LogP contribution in [0.2, 0.25) is 0 Å². The molecule has 0 aliphatic heterocycles. The molecule has 0 radical (unpaired) electrons. The molecule has 3 aromatic rings. The highest BCUT2D eigenvalue weighted by molar-refractivity contribution is 6.21. The van der Waals surface area contributed by atoms with E-state index in [9.17, 15) is 4.79 Å². The van der Waals surface area contributed by atoms with Crippen LogP contribution >= 0.6 is 0 Å². The zero-order valence-electron chi connectivity index (χ0n) is 18.6. The monoisotopic (exact) mass is 448 g/mol. The molecule has 1 aromatic heterocycles. The number of hydrogen-bond acceptors (Lipinski definition) is 6. The van der Waals surface area contributed by atoms with Crippen molar-refractivity contribution in [1.82, 2.24) is 4.98 Å². The van der Waals surface area contributed by atoms with Crippen molar-refractivity contribution in [3.05, 3.63) is 65.9 Å². The predicted molar refractivity (Wildman–Crippen MR) is 126 cm³/mol. The summed E-state index contributed by atoms with van der Waals surface area (Å²) in [7, 11) is 1.60. The molecule has 1 unspecified atom stereocenters. The minimum atomic E-state index is -1.14. The number of ether oxygens (including phenoxy) is 2. The summed E-state index contributed by atoms with van der Waals surface area (Å²) < 4.78 is 11.6. The minimum Gasteiger partial charge on any atom is -0.496 e. The van der Waals surface area contributed by atoms with Crippen molar-refractivity contribution in [3.8, 4) is 11.5 Å². The van der Waals surface area contributed by atoms with E-state index in [0.717, 1.165) is 54.1 Å². The number of methoxy groups -OCH3 is 1. The van der Waals surface area contributed by atoms with E-state index in [0.29, 0.717) is 18.1 Å². The zero-order valence-corrected chi connectivity index (χ0v) is 18.6. The summed E-state index contributed by atoms with van der Waals surface area (Å²) in [5.41, 5.74) is 2.60. The standard InChI is InChI=1S/C26H28N2O5/c1-31-24-15-21(32-17-20-12-11-18-7-5-6-10-23(18)28-20)13-14-22(24)26(33-27-16-25(29)30)19-8-3-2-4-9-19/h5-7,10-16,19,26H,2-4,8-9,17H2,1H3,(H,29,30)/b27-16+. The van der Waals surface area contributed by atoms with E-state index in [1.807, 2.05) is 54.6 Å². The van der Waals surface area contributed by atoms with Gasteiger partial charge in [0.1, 0.15) is 18.1 Å². The summed E-state index contributed by atoms with van der Waals surface area (Å²) in [5.74, 6) is 0.379. The minimum absolute atomic E-state index is 0.243. The van der Waals surface area contributed by atoms with E-state index in [2.05, 4.69) is 10.1 Å². The number of fused-ring (bicyclic) bond motifs is 1. The molecule has 1 saturated carbocycles. The fourth-order valence-electron chi connectivity index (χ4n) is 4.34. The first-order chi connectivity index (χ1) is 16.1. The highest BCUT2D eigenvalue weighted by atomic mass is 16.6. The summed E-state index contributed by atoms with van der Waals surface area (Å²) in [6.45, 7) is 0.332. The van der Waals surface area contributed by atoms with Gasteiger partial charge in [0.25, 0.3) is 0 Å². The highest BCUT2D eigenvalue weighted by Crippen LogP contribution is 2.41. The first-order valence-corrected chi connectivity index (χ1v) is 11.2. The van der Waals surface area contributed by atoms with Gasteiger partial charge in [-0.15, -0.1) is 0 Å². The smallest absolute Gasteiger partial charge is 0.350 e. The number of aromatic nitrogens is 1. The van der Waals surface area contributed by atoms with Crippen LogP contribution in [0, 0.1) is 5.92 Å². The Kier molecular flexibility index (Phi) is 7.40. The molecule has 1 fully saturated rings. The van der Waals surface area contributed by atoms with Crippen LogP contribution in [0.4, 0.5) is 0 Å². The van der Waals surface area contributed by atoms with E-state index in [1.165, 1.54) is 6.42 Å². The summed E-state index contributed by atoms with van der Waals surface area (Å²) in [6, 6.07) is 17.6. The number of carbonyl (C=O) groups is 1. The molecule has 7 heteroatoms. The van der Waals surface area contributed by atoms with Crippen molar-refractivity contribution >= 4 is 23.1 Å². The molecule has 0 spiro atoms. The summed E-state index contributed by atoms with van der Waals surface area (Å²) >= 11 is 0. The van der Waals surface area contributed by atoms with Crippen LogP contribution in [0.5, 0.6) is 11.5 Å². The fraction of sp³-hybridized carbons (Fsp3) is 0.346. The van der Waals surface area contributed by atoms with Crippen LogP contribution in [0.25, 0.3) is 10.9 Å². The molecule has 1 aliphatic rings. The normalized spacial score (nSPS) is 15.4. The second kappa shape index (κ2) is 10.8. The highest BCUT2D eigenvalue weighted by Gasteiger charge is 2.29. The first-order valence-electron chi connectivity index (χ1n) is 11.2. The Morgan fingerprint density at radius 1 is 1.15 bits per heavy atom. The van der Waals surface area contributed by atoms with Crippen LogP contribution in [-0.4, -0.2) is 29.4 Å². The Hall–Kier alpha value is -3.61. The molecule has 7 nitrogen and oxygen atoms in total. The number of carboxylic acids is 1. The molecule has 172 valence electrons. The molecular weight excluding hydrogens is 420 g/mol. The van der Waals surface area contributed by atoms with Crippen molar-refractivity contribution in [2.45, 2.75) is 44.8 Å². The fourth-order valence-corrected chi connectivity index (χ4v) is 4.34. The Bertz CT molecular complexity index is 1120. The first kappa shape index (κ1) is 22.6. The van der Waals surface area contributed by atoms with E-state index < -0.39 is 5.97 Å². The molecule has 1 aliphatic carbocycles. The van der Waals surface area contributed by atoms with Crippen LogP contribution in [-0.2, 0) is 16.2 Å². The van der Waals surface area contributed by atoms with Crippen LogP contribution in [0.15, 0.2) is 59.8 Å². The largest absolute Gasteiger partial charge is 0.496 e. The third kappa shape index (κ3) is 5.80. The van der Waals surface area contributed by atoms with Gasteiger partial charge in [-0.05, 0) is 37.1 Å². The lowest BCUT2D eigenvalue weighted by Crippen LogP contribution is -2.18. The van der Waals surface area contributed by atoms with Crippen molar-refractivity contribution in [2.75, 3.05) is 7.11 Å². The van der Waals surface area contributed by atoms with E-state index in [4.69, 9.17) is 19.4 Å². The van der Waals surface area contributed by atoms with Crippen molar-refractivity contribution in [2.24, 2.45) is 11.1 Å². The Morgan fingerprint density at radius 2 is 1.97 bits per heavy atom. The number of nitrogens with zero attached hydrogens (tertiary/aromatic N) is 2. The van der Waals surface area contributed by atoms with Gasteiger partial charge in [-0.2, -0.15) is 0 Å². The Labute approximate surface area is 193 Å². The number of aliphatic carboxylic acids is 1. The number of carboxylic acid groups (broad SMARTS) is 1. The molecule has 0 amide bonds.